The second kappa shape index (κ2) is 4.65. The van der Waals surface area contributed by atoms with Crippen LogP contribution in [-0.4, -0.2) is 24.2 Å². The number of methoxy groups -OCH3 is 2. The number of hydrogen-bond acceptors (Lipinski definition) is 3. The lowest BCUT2D eigenvalue weighted by Gasteiger charge is -2.13. The van der Waals surface area contributed by atoms with Crippen LogP contribution in [0.2, 0.25) is 0 Å². The van der Waals surface area contributed by atoms with Gasteiger partial charge in [-0.2, -0.15) is 0 Å². The first-order chi connectivity index (χ1) is 9.35. The van der Waals surface area contributed by atoms with E-state index >= 15 is 0 Å². The number of aromatic amines is 1. The third kappa shape index (κ3) is 1.81. The van der Waals surface area contributed by atoms with Gasteiger partial charge in [0.15, 0.2) is 11.5 Å². The Morgan fingerprint density at radius 1 is 1.00 bits per heavy atom. The smallest absolute Gasteiger partial charge is 0.168 e. The fourth-order valence-corrected chi connectivity index (χ4v) is 2.29. The number of hydrogen-bond donors (Lipinski definition) is 1. The Hall–Kier alpha value is -2.49. The van der Waals surface area contributed by atoms with Crippen LogP contribution in [0.5, 0.6) is 11.5 Å². The number of pyridine rings is 1. The highest BCUT2D eigenvalue weighted by molar-refractivity contribution is 5.95. The van der Waals surface area contributed by atoms with E-state index in [1.54, 1.807) is 20.4 Å². The van der Waals surface area contributed by atoms with Crippen LogP contribution in [0.4, 0.5) is 0 Å². The molecule has 0 saturated heterocycles. The summed E-state index contributed by atoms with van der Waals surface area (Å²) >= 11 is 0. The van der Waals surface area contributed by atoms with Crippen molar-refractivity contribution >= 4 is 11.0 Å². The molecule has 0 aliphatic heterocycles. The zero-order valence-corrected chi connectivity index (χ0v) is 10.8. The largest absolute Gasteiger partial charge is 0.493 e. The molecule has 2 heterocycles. The molecule has 2 aromatic heterocycles. The van der Waals surface area contributed by atoms with Crippen LogP contribution in [0.15, 0.2) is 42.7 Å². The number of nitrogens with zero attached hydrogens (tertiary/aromatic N) is 1. The summed E-state index contributed by atoms with van der Waals surface area (Å²) in [6.45, 7) is 0. The molecular weight excluding hydrogens is 240 g/mol. The van der Waals surface area contributed by atoms with Crippen LogP contribution in [0.25, 0.3) is 22.2 Å². The third-order valence-electron chi connectivity index (χ3n) is 3.15. The van der Waals surface area contributed by atoms with E-state index in [1.165, 1.54) is 0 Å². The van der Waals surface area contributed by atoms with Gasteiger partial charge in [-0.05, 0) is 23.8 Å². The van der Waals surface area contributed by atoms with Gasteiger partial charge < -0.3 is 14.5 Å². The fraction of sp³-hybridized carbons (Fsp3) is 0.133. The Labute approximate surface area is 111 Å². The minimum Gasteiger partial charge on any atom is -0.493 e. The summed E-state index contributed by atoms with van der Waals surface area (Å²) in [6, 6.07) is 9.85. The second-order valence-electron chi connectivity index (χ2n) is 4.14. The summed E-state index contributed by atoms with van der Waals surface area (Å²) in [5.74, 6) is 1.46. The summed E-state index contributed by atoms with van der Waals surface area (Å²) in [7, 11) is 3.29. The lowest BCUT2D eigenvalue weighted by Crippen LogP contribution is -1.93. The fourth-order valence-electron chi connectivity index (χ4n) is 2.29. The van der Waals surface area contributed by atoms with E-state index in [4.69, 9.17) is 9.47 Å². The number of ether oxygens (including phenoxy) is 2. The molecule has 4 nitrogen and oxygen atoms in total. The van der Waals surface area contributed by atoms with Crippen LogP contribution in [-0.2, 0) is 0 Å². The lowest BCUT2D eigenvalue weighted by atomic mass is 10.0. The zero-order valence-electron chi connectivity index (χ0n) is 10.8. The summed E-state index contributed by atoms with van der Waals surface area (Å²) < 4.78 is 10.8. The standard InChI is InChI=1S/C15H14N2O2/c1-18-13-5-3-4-11(14(13)19-2)10-6-8-16-15-12(10)7-9-17-15/h3-9H,1-2H3,(H,16,17). The third-order valence-corrected chi connectivity index (χ3v) is 3.15. The van der Waals surface area contributed by atoms with E-state index in [2.05, 4.69) is 9.97 Å². The molecule has 0 aliphatic rings. The predicted octanol–water partition coefficient (Wildman–Crippen LogP) is 3.25. The second-order valence-corrected chi connectivity index (χ2v) is 4.14. The molecular formula is C15H14N2O2. The first-order valence-electron chi connectivity index (χ1n) is 5.98. The summed E-state index contributed by atoms with van der Waals surface area (Å²) in [6.07, 6.45) is 3.67. The Bertz CT molecular complexity index is 719. The van der Waals surface area contributed by atoms with E-state index in [0.29, 0.717) is 0 Å². The molecule has 19 heavy (non-hydrogen) atoms. The maximum absolute atomic E-state index is 5.49. The molecule has 1 aromatic carbocycles. The number of H-pyrrole nitrogens is 1. The van der Waals surface area contributed by atoms with E-state index < -0.39 is 0 Å². The average Bonchev–Trinajstić information content (AvgIpc) is 2.94. The maximum atomic E-state index is 5.49. The van der Waals surface area contributed by atoms with Crippen molar-refractivity contribution in [1.29, 1.82) is 0 Å². The molecule has 0 atom stereocenters. The van der Waals surface area contributed by atoms with Gasteiger partial charge in [-0.25, -0.2) is 4.98 Å². The van der Waals surface area contributed by atoms with Gasteiger partial charge in [0, 0.05) is 23.3 Å². The van der Waals surface area contributed by atoms with Crippen molar-refractivity contribution < 1.29 is 9.47 Å². The molecule has 0 unspecified atom stereocenters. The highest BCUT2D eigenvalue weighted by Gasteiger charge is 2.14. The van der Waals surface area contributed by atoms with Gasteiger partial charge in [0.05, 0.1) is 14.2 Å². The lowest BCUT2D eigenvalue weighted by molar-refractivity contribution is 0.356. The molecule has 0 aliphatic carbocycles. The number of benzene rings is 1. The van der Waals surface area contributed by atoms with Crippen molar-refractivity contribution in [3.63, 3.8) is 0 Å². The van der Waals surface area contributed by atoms with E-state index in [1.807, 2.05) is 36.5 Å². The number of nitrogens with one attached hydrogen (secondary N) is 1. The minimum atomic E-state index is 0.723. The van der Waals surface area contributed by atoms with Crippen molar-refractivity contribution in [2.75, 3.05) is 14.2 Å². The highest BCUT2D eigenvalue weighted by Crippen LogP contribution is 2.39. The molecule has 1 N–H and O–H groups in total. The maximum Gasteiger partial charge on any atom is 0.168 e. The summed E-state index contributed by atoms with van der Waals surface area (Å²) in [5, 5.41) is 1.06. The first kappa shape index (κ1) is 11.6. The molecule has 0 saturated carbocycles. The molecule has 3 aromatic rings. The molecule has 4 heteroatoms. The Morgan fingerprint density at radius 3 is 2.68 bits per heavy atom. The normalized spacial score (nSPS) is 10.6. The molecule has 0 spiro atoms. The number of para-hydroxylation sites is 1. The van der Waals surface area contributed by atoms with Crippen LogP contribution >= 0.6 is 0 Å². The zero-order chi connectivity index (χ0) is 13.2. The van der Waals surface area contributed by atoms with Crippen LogP contribution < -0.4 is 9.47 Å². The van der Waals surface area contributed by atoms with Gasteiger partial charge in [-0.1, -0.05) is 12.1 Å². The molecule has 0 amide bonds. The van der Waals surface area contributed by atoms with Crippen molar-refractivity contribution in [3.8, 4) is 22.6 Å². The van der Waals surface area contributed by atoms with Gasteiger partial charge in [-0.15, -0.1) is 0 Å². The van der Waals surface area contributed by atoms with Crippen molar-refractivity contribution in [3.05, 3.63) is 42.7 Å². The van der Waals surface area contributed by atoms with E-state index in [0.717, 1.165) is 33.7 Å². The number of fused-ring (bicyclic) bond motifs is 1. The van der Waals surface area contributed by atoms with E-state index in [-0.39, 0.29) is 0 Å². The minimum absolute atomic E-state index is 0.723. The van der Waals surface area contributed by atoms with Crippen LogP contribution in [0, 0.1) is 0 Å². The topological polar surface area (TPSA) is 47.1 Å². The quantitative estimate of drug-likeness (QED) is 0.780. The highest BCUT2D eigenvalue weighted by atomic mass is 16.5. The van der Waals surface area contributed by atoms with Gasteiger partial charge in [0.25, 0.3) is 0 Å². The van der Waals surface area contributed by atoms with Crippen molar-refractivity contribution in [2.24, 2.45) is 0 Å². The number of aromatic nitrogens is 2. The Kier molecular flexibility index (Phi) is 2.83. The Morgan fingerprint density at radius 2 is 1.89 bits per heavy atom. The SMILES string of the molecule is COc1cccc(-c2ccnc3[nH]ccc23)c1OC. The van der Waals surface area contributed by atoms with Gasteiger partial charge >= 0.3 is 0 Å². The van der Waals surface area contributed by atoms with Crippen molar-refractivity contribution in [1.82, 2.24) is 9.97 Å². The van der Waals surface area contributed by atoms with Crippen molar-refractivity contribution in [2.45, 2.75) is 0 Å². The van der Waals surface area contributed by atoms with E-state index in [9.17, 15) is 0 Å². The summed E-state index contributed by atoms with van der Waals surface area (Å²) in [5.41, 5.74) is 2.93. The summed E-state index contributed by atoms with van der Waals surface area (Å²) in [4.78, 5) is 7.41. The molecule has 3 rings (SSSR count). The molecule has 0 bridgehead atoms. The number of rotatable bonds is 3. The first-order valence-corrected chi connectivity index (χ1v) is 5.98. The van der Waals surface area contributed by atoms with Gasteiger partial charge in [0.1, 0.15) is 5.65 Å². The molecule has 0 radical (unpaired) electrons. The van der Waals surface area contributed by atoms with Gasteiger partial charge in [-0.3, -0.25) is 0 Å². The van der Waals surface area contributed by atoms with Gasteiger partial charge in [0.2, 0.25) is 0 Å². The molecule has 96 valence electrons. The average molecular weight is 254 g/mol. The monoisotopic (exact) mass is 254 g/mol. The van der Waals surface area contributed by atoms with Crippen LogP contribution in [0.3, 0.4) is 0 Å². The van der Waals surface area contributed by atoms with Crippen LogP contribution in [0.1, 0.15) is 0 Å². The molecule has 0 fully saturated rings. The predicted molar refractivity (Wildman–Crippen MR) is 74.6 cm³/mol. The Balaban J connectivity index is 2.30.